The van der Waals surface area contributed by atoms with Crippen molar-refractivity contribution < 1.29 is 14.3 Å². The highest BCUT2D eigenvalue weighted by atomic mass is 32.1. The van der Waals surface area contributed by atoms with E-state index in [2.05, 4.69) is 27.4 Å². The number of anilines is 1. The van der Waals surface area contributed by atoms with E-state index in [9.17, 15) is 25.4 Å². The first kappa shape index (κ1) is 35.9. The van der Waals surface area contributed by atoms with E-state index in [1.807, 2.05) is 74.5 Å². The molecule has 1 aromatic heterocycles. The first-order valence-electron chi connectivity index (χ1n) is 16.0. The number of likely N-dealkylation sites (N-methyl/N-ethyl adjacent to an activating group) is 1. The molecule has 1 atom stereocenters. The van der Waals surface area contributed by atoms with Crippen molar-refractivity contribution in [2.45, 2.75) is 46.5 Å². The van der Waals surface area contributed by atoms with E-state index >= 15 is 0 Å². The summed E-state index contributed by atoms with van der Waals surface area (Å²) >= 11 is 1.25. The van der Waals surface area contributed by atoms with Crippen molar-refractivity contribution in [3.63, 3.8) is 0 Å². The number of nitrogens with zero attached hydrogens (tertiary/aromatic N) is 7. The number of unbranched alkanes of at least 4 members (excludes halogenated alkanes) is 1. The maximum atomic E-state index is 12.7. The molecule has 1 N–H and O–H groups in total. The summed E-state index contributed by atoms with van der Waals surface area (Å²) in [6, 6.07) is 22.4. The number of nitriles is 3. The van der Waals surface area contributed by atoms with Gasteiger partial charge in [0.15, 0.2) is 5.57 Å². The van der Waals surface area contributed by atoms with Gasteiger partial charge in [-0.25, -0.2) is 4.98 Å². The molecule has 11 nitrogen and oxygen atoms in total. The number of carbonyl (C=O) groups is 2. The molecule has 0 aliphatic carbocycles. The normalized spacial score (nSPS) is 13.2. The maximum absolute atomic E-state index is 12.7. The average Bonchev–Trinajstić information content (AvgIpc) is 3.69. The van der Waals surface area contributed by atoms with Crippen LogP contribution in [0.2, 0.25) is 0 Å². The van der Waals surface area contributed by atoms with Crippen LogP contribution in [0.25, 0.3) is 17.3 Å². The Balaban J connectivity index is 1.51. The monoisotopic (exact) mass is 672 g/mol. The van der Waals surface area contributed by atoms with E-state index in [4.69, 9.17) is 9.72 Å². The number of esters is 1. The van der Waals surface area contributed by atoms with Gasteiger partial charge in [0.2, 0.25) is 5.13 Å². The second-order valence-corrected chi connectivity index (χ2v) is 12.0. The lowest BCUT2D eigenvalue weighted by Crippen LogP contribution is -2.29. The van der Waals surface area contributed by atoms with Gasteiger partial charge in [0, 0.05) is 17.8 Å². The van der Waals surface area contributed by atoms with Crippen LogP contribution in [-0.4, -0.2) is 36.6 Å². The van der Waals surface area contributed by atoms with Crippen LogP contribution in [0.15, 0.2) is 93.3 Å². The van der Waals surface area contributed by atoms with Crippen molar-refractivity contribution in [3.8, 4) is 29.5 Å². The van der Waals surface area contributed by atoms with E-state index in [1.54, 1.807) is 18.2 Å². The standard InChI is InChI=1S/C37H36N8O3S/c1-4-7-11-25(5-2)36(47)48-21-20-45(6-3)29-16-14-28(15-17-29)43-44-37-42-34(26-12-9-8-10-13-26)32(49-37)19-18-30-31(24-40)33(41-35(30)46)27(22-38)23-39/h8-10,12-19,25H,4-7,11,20-21H2,1-3H3,(H,41,46)/b19-18+,44-43?. The molecule has 1 aliphatic rings. The zero-order chi connectivity index (χ0) is 35.2. The van der Waals surface area contributed by atoms with Crippen molar-refractivity contribution in [2.24, 2.45) is 16.1 Å². The highest BCUT2D eigenvalue weighted by Gasteiger charge is 2.28. The van der Waals surface area contributed by atoms with Crippen LogP contribution >= 0.6 is 11.3 Å². The van der Waals surface area contributed by atoms with E-state index in [0.29, 0.717) is 34.5 Å². The average molecular weight is 673 g/mol. The third-order valence-corrected chi connectivity index (χ3v) is 8.77. The molecule has 12 heteroatoms. The van der Waals surface area contributed by atoms with Gasteiger partial charge in [0.1, 0.15) is 24.8 Å². The minimum absolute atomic E-state index is 0.0348. The Labute approximate surface area is 290 Å². The van der Waals surface area contributed by atoms with Crippen LogP contribution in [0, 0.1) is 39.9 Å². The van der Waals surface area contributed by atoms with Gasteiger partial charge in [-0.2, -0.15) is 15.8 Å². The summed E-state index contributed by atoms with van der Waals surface area (Å²) in [5.41, 5.74) is 2.54. The Kier molecular flexibility index (Phi) is 13.1. The highest BCUT2D eigenvalue weighted by Crippen LogP contribution is 2.35. The number of benzene rings is 2. The molecule has 0 bridgehead atoms. The number of hydrogen-bond donors (Lipinski definition) is 1. The molecule has 2 aromatic carbocycles. The number of carbonyl (C=O) groups excluding carboxylic acids is 2. The molecule has 0 saturated heterocycles. The van der Waals surface area contributed by atoms with Crippen molar-refractivity contribution >= 4 is 45.8 Å². The third kappa shape index (κ3) is 9.13. The fraction of sp³-hybridized carbons (Fsp3) is 0.297. The predicted molar refractivity (Wildman–Crippen MR) is 188 cm³/mol. The molecule has 0 radical (unpaired) electrons. The number of hydrogen-bond acceptors (Lipinski definition) is 11. The molecular weight excluding hydrogens is 637 g/mol. The third-order valence-electron chi connectivity index (χ3n) is 7.86. The van der Waals surface area contributed by atoms with Crippen LogP contribution in [0.1, 0.15) is 51.3 Å². The summed E-state index contributed by atoms with van der Waals surface area (Å²) in [4.78, 5) is 32.6. The second kappa shape index (κ2) is 17.9. The number of aromatic nitrogens is 1. The quantitative estimate of drug-likeness (QED) is 0.0960. The van der Waals surface area contributed by atoms with E-state index in [-0.39, 0.29) is 34.3 Å². The topological polar surface area (TPSA) is 168 Å². The summed E-state index contributed by atoms with van der Waals surface area (Å²) in [5.74, 6) is -0.756. The van der Waals surface area contributed by atoms with Gasteiger partial charge < -0.3 is 15.0 Å². The number of allylic oxidation sites excluding steroid dienone is 2. The molecule has 3 aromatic rings. The molecule has 248 valence electrons. The minimum Gasteiger partial charge on any atom is -0.464 e. The van der Waals surface area contributed by atoms with Gasteiger partial charge in [-0.05, 0) is 56.2 Å². The van der Waals surface area contributed by atoms with E-state index < -0.39 is 5.91 Å². The SMILES string of the molecule is CCCCC(CC)C(=O)OCCN(CC)c1ccc(N=Nc2nc(-c3ccccc3)c(/C=C/C3=C(C#N)C(=C(C#N)C#N)NC3=O)s2)cc1. The van der Waals surface area contributed by atoms with Crippen LogP contribution < -0.4 is 10.2 Å². The molecule has 0 saturated carbocycles. The van der Waals surface area contributed by atoms with Gasteiger partial charge in [0.05, 0.1) is 45.6 Å². The first-order chi connectivity index (χ1) is 23.9. The van der Waals surface area contributed by atoms with Crippen molar-refractivity contribution in [3.05, 3.63) is 88.0 Å². The number of amides is 1. The fourth-order valence-corrected chi connectivity index (χ4v) is 5.95. The van der Waals surface area contributed by atoms with Crippen LogP contribution in [-0.2, 0) is 14.3 Å². The number of azo groups is 1. The second-order valence-electron chi connectivity index (χ2n) is 10.9. The number of rotatable bonds is 15. The summed E-state index contributed by atoms with van der Waals surface area (Å²) in [6.07, 6.45) is 6.85. The van der Waals surface area contributed by atoms with Crippen molar-refractivity contribution in [2.75, 3.05) is 24.6 Å². The lowest BCUT2D eigenvalue weighted by molar-refractivity contribution is -0.148. The molecule has 4 rings (SSSR count). The molecule has 1 aliphatic heterocycles. The number of ether oxygens (including phenoxy) is 1. The summed E-state index contributed by atoms with van der Waals surface area (Å²) in [6.45, 7) is 7.83. The summed E-state index contributed by atoms with van der Waals surface area (Å²) in [7, 11) is 0. The molecule has 49 heavy (non-hydrogen) atoms. The Morgan fingerprint density at radius 2 is 1.78 bits per heavy atom. The summed E-state index contributed by atoms with van der Waals surface area (Å²) < 4.78 is 5.60. The lowest BCUT2D eigenvalue weighted by Gasteiger charge is -2.23. The first-order valence-corrected chi connectivity index (χ1v) is 16.9. The van der Waals surface area contributed by atoms with Gasteiger partial charge in [-0.3, -0.25) is 9.59 Å². The fourth-order valence-electron chi connectivity index (χ4n) is 5.14. The molecule has 0 fully saturated rings. The Hall–Kier alpha value is -5.90. The predicted octanol–water partition coefficient (Wildman–Crippen LogP) is 8.08. The Morgan fingerprint density at radius 3 is 2.41 bits per heavy atom. The van der Waals surface area contributed by atoms with Gasteiger partial charge >= 0.3 is 5.97 Å². The van der Waals surface area contributed by atoms with Gasteiger partial charge in [-0.15, -0.1) is 10.2 Å². The van der Waals surface area contributed by atoms with Crippen LogP contribution in [0.3, 0.4) is 0 Å². The molecule has 0 spiro atoms. The molecule has 1 unspecified atom stereocenters. The number of thiazole rings is 1. The van der Waals surface area contributed by atoms with E-state index in [1.165, 1.54) is 17.4 Å². The largest absolute Gasteiger partial charge is 0.464 e. The maximum Gasteiger partial charge on any atom is 0.308 e. The highest BCUT2D eigenvalue weighted by molar-refractivity contribution is 7.16. The van der Waals surface area contributed by atoms with Crippen molar-refractivity contribution in [1.82, 2.24) is 10.3 Å². The van der Waals surface area contributed by atoms with E-state index in [0.717, 1.165) is 43.5 Å². The molecule has 2 heterocycles. The summed E-state index contributed by atoms with van der Waals surface area (Å²) in [5, 5.41) is 39.8. The Morgan fingerprint density at radius 1 is 1.04 bits per heavy atom. The van der Waals surface area contributed by atoms with Crippen LogP contribution in [0.4, 0.5) is 16.5 Å². The minimum atomic E-state index is -0.588. The lowest BCUT2D eigenvalue weighted by atomic mass is 10.00. The van der Waals surface area contributed by atoms with Crippen LogP contribution in [0.5, 0.6) is 0 Å². The van der Waals surface area contributed by atoms with Gasteiger partial charge in [0.25, 0.3) is 5.91 Å². The van der Waals surface area contributed by atoms with Gasteiger partial charge in [-0.1, -0.05) is 68.4 Å². The smallest absolute Gasteiger partial charge is 0.308 e. The Bertz CT molecular complexity index is 1890. The zero-order valence-corrected chi connectivity index (χ0v) is 28.5. The zero-order valence-electron chi connectivity index (χ0n) is 27.6. The molecule has 1 amide bonds. The molecular formula is C37H36N8O3S. The van der Waals surface area contributed by atoms with Crippen molar-refractivity contribution in [1.29, 1.82) is 15.8 Å². The number of nitrogens with one attached hydrogen (secondary N) is 1.